The number of aromatic nitrogens is 2. The van der Waals surface area contributed by atoms with Gasteiger partial charge in [0.25, 0.3) is 0 Å². The van der Waals surface area contributed by atoms with E-state index in [-0.39, 0.29) is 4.90 Å². The fourth-order valence-electron chi connectivity index (χ4n) is 1.73. The lowest BCUT2D eigenvalue weighted by Crippen LogP contribution is -2.19. The van der Waals surface area contributed by atoms with Gasteiger partial charge in [-0.25, -0.2) is 8.42 Å². The average Bonchev–Trinajstić information content (AvgIpc) is 2.86. The minimum Gasteiger partial charge on any atom is -0.324 e. The number of carbonyl (C=O) groups excluding carboxylic acids is 1. The van der Waals surface area contributed by atoms with Gasteiger partial charge in [-0.2, -0.15) is 18.3 Å². The van der Waals surface area contributed by atoms with Crippen LogP contribution in [0.5, 0.6) is 0 Å². The minimum atomic E-state index is -4.57. The molecule has 2 aromatic rings. The second-order valence-corrected chi connectivity index (χ2v) is 6.76. The van der Waals surface area contributed by atoms with Crippen molar-refractivity contribution >= 4 is 21.4 Å². The van der Waals surface area contributed by atoms with Gasteiger partial charge < -0.3 is 5.32 Å². The summed E-state index contributed by atoms with van der Waals surface area (Å²) in [7, 11) is -3.34. The van der Waals surface area contributed by atoms with E-state index < -0.39 is 34.2 Å². The summed E-state index contributed by atoms with van der Waals surface area (Å²) in [5.41, 5.74) is -0.756. The maximum absolute atomic E-state index is 12.4. The van der Waals surface area contributed by atoms with Crippen molar-refractivity contribution in [3.63, 3.8) is 0 Å². The molecule has 0 saturated heterocycles. The van der Waals surface area contributed by atoms with Crippen LogP contribution < -0.4 is 5.32 Å². The van der Waals surface area contributed by atoms with Gasteiger partial charge in [-0.05, 0) is 30.3 Å². The van der Waals surface area contributed by atoms with Crippen molar-refractivity contribution in [1.82, 2.24) is 9.78 Å². The first-order chi connectivity index (χ1) is 10.6. The molecule has 0 radical (unpaired) electrons. The SMILES string of the molecule is CS(=O)(=O)c1ccc(NC(=O)Cn2ccc(C(F)(F)F)n2)cc1. The highest BCUT2D eigenvalue weighted by Crippen LogP contribution is 2.27. The van der Waals surface area contributed by atoms with Crippen molar-refractivity contribution < 1.29 is 26.4 Å². The van der Waals surface area contributed by atoms with E-state index in [0.29, 0.717) is 5.69 Å². The minimum absolute atomic E-state index is 0.0948. The van der Waals surface area contributed by atoms with Gasteiger partial charge in [-0.1, -0.05) is 0 Å². The van der Waals surface area contributed by atoms with Gasteiger partial charge >= 0.3 is 6.18 Å². The highest BCUT2D eigenvalue weighted by atomic mass is 32.2. The van der Waals surface area contributed by atoms with Gasteiger partial charge in [0.05, 0.1) is 4.90 Å². The monoisotopic (exact) mass is 347 g/mol. The molecule has 0 saturated carbocycles. The summed E-state index contributed by atoms with van der Waals surface area (Å²) < 4.78 is 60.6. The van der Waals surface area contributed by atoms with Gasteiger partial charge in [-0.3, -0.25) is 9.48 Å². The van der Waals surface area contributed by atoms with Crippen LogP contribution in [0.25, 0.3) is 0 Å². The second-order valence-electron chi connectivity index (χ2n) is 4.74. The molecule has 0 aliphatic heterocycles. The predicted octanol–water partition coefficient (Wildman–Crippen LogP) is 1.94. The van der Waals surface area contributed by atoms with E-state index in [0.717, 1.165) is 23.2 Å². The molecule has 1 amide bonds. The van der Waals surface area contributed by atoms with Crippen LogP contribution in [0.4, 0.5) is 18.9 Å². The van der Waals surface area contributed by atoms with E-state index in [2.05, 4.69) is 10.4 Å². The fraction of sp³-hybridized carbons (Fsp3) is 0.231. The molecule has 0 bridgehead atoms. The molecule has 10 heteroatoms. The Bertz CT molecular complexity index is 811. The maximum Gasteiger partial charge on any atom is 0.435 e. The van der Waals surface area contributed by atoms with Crippen LogP contribution in [0.2, 0.25) is 0 Å². The molecule has 0 unspecified atom stereocenters. The van der Waals surface area contributed by atoms with Crippen LogP contribution in [0.15, 0.2) is 41.4 Å². The zero-order chi connectivity index (χ0) is 17.3. The standard InChI is InChI=1S/C13H12F3N3O3S/c1-23(21,22)10-4-2-9(3-5-10)17-12(20)8-19-7-6-11(18-19)13(14,15)16/h2-7H,8H2,1H3,(H,17,20). The molecule has 124 valence electrons. The molecule has 0 atom stereocenters. The summed E-state index contributed by atoms with van der Waals surface area (Å²) in [6.07, 6.45) is -2.46. The number of hydrogen-bond acceptors (Lipinski definition) is 4. The van der Waals surface area contributed by atoms with Crippen molar-refractivity contribution in [1.29, 1.82) is 0 Å². The molecule has 2 rings (SSSR count). The number of halogens is 3. The first-order valence-electron chi connectivity index (χ1n) is 6.26. The number of sulfone groups is 1. The van der Waals surface area contributed by atoms with Gasteiger partial charge in [0.1, 0.15) is 6.54 Å². The third-order valence-corrected chi connectivity index (χ3v) is 3.93. The summed E-state index contributed by atoms with van der Waals surface area (Å²) in [4.78, 5) is 11.8. The Balaban J connectivity index is 2.01. The number of carbonyl (C=O) groups is 1. The zero-order valence-electron chi connectivity index (χ0n) is 11.8. The van der Waals surface area contributed by atoms with E-state index in [9.17, 15) is 26.4 Å². The normalized spacial score (nSPS) is 12.2. The number of nitrogens with one attached hydrogen (secondary N) is 1. The number of amides is 1. The summed E-state index contributed by atoms with van der Waals surface area (Å²) in [6.45, 7) is -0.399. The van der Waals surface area contributed by atoms with Crippen LogP contribution in [0.1, 0.15) is 5.69 Å². The number of alkyl halides is 3. The Morgan fingerprint density at radius 1 is 1.22 bits per heavy atom. The molecular weight excluding hydrogens is 335 g/mol. The molecule has 1 aromatic carbocycles. The van der Waals surface area contributed by atoms with Crippen molar-refractivity contribution in [2.45, 2.75) is 17.6 Å². The van der Waals surface area contributed by atoms with Crippen molar-refractivity contribution in [2.75, 3.05) is 11.6 Å². The lowest BCUT2D eigenvalue weighted by Gasteiger charge is -2.06. The molecule has 0 fully saturated rings. The van der Waals surface area contributed by atoms with Crippen LogP contribution in [-0.4, -0.2) is 30.4 Å². The topological polar surface area (TPSA) is 81.1 Å². The molecule has 23 heavy (non-hydrogen) atoms. The Labute approximate surface area is 129 Å². The second kappa shape index (κ2) is 6.03. The van der Waals surface area contributed by atoms with Crippen LogP contribution in [-0.2, 0) is 27.4 Å². The number of rotatable bonds is 4. The summed E-state index contributed by atoms with van der Waals surface area (Å²) >= 11 is 0. The van der Waals surface area contributed by atoms with E-state index in [1.165, 1.54) is 24.3 Å². The Kier molecular flexibility index (Phi) is 4.46. The summed E-state index contributed by atoms with van der Waals surface area (Å²) in [6, 6.07) is 6.19. The fourth-order valence-corrected chi connectivity index (χ4v) is 2.36. The lowest BCUT2D eigenvalue weighted by atomic mass is 10.3. The summed E-state index contributed by atoms with van der Waals surface area (Å²) in [5, 5.41) is 5.70. The van der Waals surface area contributed by atoms with Crippen LogP contribution >= 0.6 is 0 Å². The zero-order valence-corrected chi connectivity index (χ0v) is 12.6. The maximum atomic E-state index is 12.4. The van der Waals surface area contributed by atoms with Gasteiger partial charge in [0, 0.05) is 18.1 Å². The van der Waals surface area contributed by atoms with Gasteiger partial charge in [-0.15, -0.1) is 0 Å². The highest BCUT2D eigenvalue weighted by Gasteiger charge is 2.33. The first kappa shape index (κ1) is 17.0. The van der Waals surface area contributed by atoms with Crippen molar-refractivity contribution in [2.24, 2.45) is 0 Å². The van der Waals surface area contributed by atoms with Crippen LogP contribution in [0, 0.1) is 0 Å². The Morgan fingerprint density at radius 3 is 2.30 bits per heavy atom. The number of hydrogen-bond donors (Lipinski definition) is 1. The van der Waals surface area contributed by atoms with Crippen LogP contribution in [0.3, 0.4) is 0 Å². The van der Waals surface area contributed by atoms with Crippen molar-refractivity contribution in [3.05, 3.63) is 42.2 Å². The molecule has 1 aromatic heterocycles. The molecular formula is C13H12F3N3O3S. The number of benzene rings is 1. The van der Waals surface area contributed by atoms with E-state index in [1.54, 1.807) is 0 Å². The van der Waals surface area contributed by atoms with E-state index >= 15 is 0 Å². The number of anilines is 1. The molecule has 0 spiro atoms. The van der Waals surface area contributed by atoms with E-state index in [1.807, 2.05) is 0 Å². The highest BCUT2D eigenvalue weighted by molar-refractivity contribution is 7.90. The molecule has 0 aliphatic carbocycles. The lowest BCUT2D eigenvalue weighted by molar-refractivity contribution is -0.141. The molecule has 1 heterocycles. The first-order valence-corrected chi connectivity index (χ1v) is 8.15. The quantitative estimate of drug-likeness (QED) is 0.917. The largest absolute Gasteiger partial charge is 0.435 e. The van der Waals surface area contributed by atoms with Crippen molar-refractivity contribution in [3.8, 4) is 0 Å². The molecule has 1 N–H and O–H groups in total. The molecule has 6 nitrogen and oxygen atoms in total. The molecule has 0 aliphatic rings. The van der Waals surface area contributed by atoms with Gasteiger partial charge in [0.2, 0.25) is 5.91 Å². The summed E-state index contributed by atoms with van der Waals surface area (Å²) in [5.74, 6) is -0.589. The smallest absolute Gasteiger partial charge is 0.324 e. The third kappa shape index (κ3) is 4.55. The number of nitrogens with zero attached hydrogens (tertiary/aromatic N) is 2. The predicted molar refractivity (Wildman–Crippen MR) is 75.4 cm³/mol. The average molecular weight is 347 g/mol. The third-order valence-electron chi connectivity index (χ3n) is 2.80. The Morgan fingerprint density at radius 2 is 1.83 bits per heavy atom. The van der Waals surface area contributed by atoms with E-state index in [4.69, 9.17) is 0 Å². The van der Waals surface area contributed by atoms with Gasteiger partial charge in [0.15, 0.2) is 15.5 Å². The Hall–Kier alpha value is -2.36.